The second-order valence-electron chi connectivity index (χ2n) is 9.08. The number of anilines is 1. The second-order valence-corrected chi connectivity index (χ2v) is 9.83. The molecular formula is C25H28BrN7O2. The number of carbonyl (C=O) groups is 1. The van der Waals surface area contributed by atoms with Gasteiger partial charge in [-0.15, -0.1) is 0 Å². The Kier molecular flexibility index (Phi) is 6.92. The zero-order chi connectivity index (χ0) is 24.4. The highest BCUT2D eigenvalue weighted by Crippen LogP contribution is 2.29. The summed E-state index contributed by atoms with van der Waals surface area (Å²) in [6, 6.07) is 10.1. The maximum atomic E-state index is 12.7. The normalized spacial score (nSPS) is 19.1. The van der Waals surface area contributed by atoms with Crippen LogP contribution in [0.4, 0.5) is 5.95 Å². The summed E-state index contributed by atoms with van der Waals surface area (Å²) >= 11 is 3.54. The van der Waals surface area contributed by atoms with E-state index >= 15 is 0 Å². The quantitative estimate of drug-likeness (QED) is 0.362. The number of benzene rings is 1. The second kappa shape index (κ2) is 10.2. The molecule has 10 heteroatoms. The van der Waals surface area contributed by atoms with Gasteiger partial charge in [-0.3, -0.25) is 9.78 Å². The van der Waals surface area contributed by atoms with Gasteiger partial charge in [0.15, 0.2) is 5.65 Å². The fourth-order valence-corrected chi connectivity index (χ4v) is 5.15. The molecule has 1 aliphatic rings. The van der Waals surface area contributed by atoms with Crippen molar-refractivity contribution in [2.75, 3.05) is 19.0 Å². The van der Waals surface area contributed by atoms with E-state index < -0.39 is 0 Å². The Labute approximate surface area is 211 Å². The molecule has 0 radical (unpaired) electrons. The number of nitrogens with zero attached hydrogens (tertiary/aromatic N) is 5. The van der Waals surface area contributed by atoms with Gasteiger partial charge < -0.3 is 15.4 Å². The highest BCUT2D eigenvalue weighted by molar-refractivity contribution is 9.10. The van der Waals surface area contributed by atoms with E-state index in [9.17, 15) is 4.79 Å². The van der Waals surface area contributed by atoms with Gasteiger partial charge >= 0.3 is 0 Å². The molecule has 0 aliphatic heterocycles. The van der Waals surface area contributed by atoms with Crippen molar-refractivity contribution in [3.63, 3.8) is 0 Å². The molecule has 1 fully saturated rings. The lowest BCUT2D eigenvalue weighted by Gasteiger charge is -2.29. The predicted octanol–water partition coefficient (Wildman–Crippen LogP) is 4.25. The van der Waals surface area contributed by atoms with Crippen LogP contribution in [0.1, 0.15) is 32.6 Å². The number of methoxy groups -OCH3 is 1. The molecular weight excluding hydrogens is 510 g/mol. The molecule has 3 heterocycles. The Balaban J connectivity index is 1.36. The van der Waals surface area contributed by atoms with E-state index in [4.69, 9.17) is 9.72 Å². The number of fused-ring (bicyclic) bond motifs is 2. The van der Waals surface area contributed by atoms with Gasteiger partial charge in [0.05, 0.1) is 23.2 Å². The molecule has 3 aromatic heterocycles. The van der Waals surface area contributed by atoms with Crippen LogP contribution < -0.4 is 10.6 Å². The van der Waals surface area contributed by atoms with Crippen LogP contribution in [0.5, 0.6) is 0 Å². The number of nitrogens with one attached hydrogen (secondary N) is 2. The van der Waals surface area contributed by atoms with E-state index in [1.165, 1.54) is 0 Å². The minimum atomic E-state index is -0.0323. The van der Waals surface area contributed by atoms with Crippen molar-refractivity contribution in [2.45, 2.75) is 44.7 Å². The predicted molar refractivity (Wildman–Crippen MR) is 139 cm³/mol. The van der Waals surface area contributed by atoms with Gasteiger partial charge in [0.2, 0.25) is 11.9 Å². The van der Waals surface area contributed by atoms with Crippen LogP contribution in [-0.2, 0) is 9.53 Å². The minimum absolute atomic E-state index is 0.00352. The van der Waals surface area contributed by atoms with Gasteiger partial charge in [-0.25, -0.2) is 9.67 Å². The number of rotatable bonds is 7. The number of hydrogen-bond donors (Lipinski definition) is 2. The average molecular weight is 538 g/mol. The lowest BCUT2D eigenvalue weighted by Crippen LogP contribution is -2.42. The van der Waals surface area contributed by atoms with Gasteiger partial charge in [0.1, 0.15) is 4.60 Å². The highest BCUT2D eigenvalue weighted by atomic mass is 79.9. The van der Waals surface area contributed by atoms with Crippen LogP contribution >= 0.6 is 15.9 Å². The summed E-state index contributed by atoms with van der Waals surface area (Å²) in [6.45, 7) is 2.46. The molecule has 3 atom stereocenters. The van der Waals surface area contributed by atoms with E-state index in [1.807, 2.05) is 41.9 Å². The first-order chi connectivity index (χ1) is 17.0. The van der Waals surface area contributed by atoms with Crippen molar-refractivity contribution < 1.29 is 9.53 Å². The first-order valence-electron chi connectivity index (χ1n) is 11.8. The Morgan fingerprint density at radius 3 is 3.03 bits per heavy atom. The number of halogens is 1. The summed E-state index contributed by atoms with van der Waals surface area (Å²) in [7, 11) is 1.64. The van der Waals surface area contributed by atoms with E-state index in [0.717, 1.165) is 47.7 Å². The molecule has 1 amide bonds. The molecule has 0 spiro atoms. The van der Waals surface area contributed by atoms with Crippen molar-refractivity contribution in [3.8, 4) is 5.69 Å². The molecule has 0 unspecified atom stereocenters. The number of pyridine rings is 1. The fraction of sp³-hybridized carbons (Fsp3) is 0.400. The summed E-state index contributed by atoms with van der Waals surface area (Å²) in [5, 5.41) is 13.0. The Morgan fingerprint density at radius 2 is 2.17 bits per heavy atom. The van der Waals surface area contributed by atoms with Crippen molar-refractivity contribution in [1.29, 1.82) is 0 Å². The summed E-state index contributed by atoms with van der Waals surface area (Å²) < 4.78 is 7.63. The first kappa shape index (κ1) is 23.6. The van der Waals surface area contributed by atoms with Gasteiger partial charge in [-0.2, -0.15) is 10.1 Å². The first-order valence-corrected chi connectivity index (χ1v) is 12.6. The maximum Gasteiger partial charge on any atom is 0.224 e. The molecule has 182 valence electrons. The Bertz CT molecular complexity index is 1360. The zero-order valence-electron chi connectivity index (χ0n) is 19.7. The SMILES string of the molecule is COC[C@H](C)NC(=O)[C@@H]1CCC[C@@H](Nc2ncc3c(Br)nn(-c4ccc5ncccc5c4)c3n2)C1. The zero-order valence-corrected chi connectivity index (χ0v) is 21.3. The van der Waals surface area contributed by atoms with Crippen LogP contribution in [0.2, 0.25) is 0 Å². The summed E-state index contributed by atoms with van der Waals surface area (Å²) in [5.41, 5.74) is 2.53. The molecule has 0 saturated heterocycles. The molecule has 0 bridgehead atoms. The van der Waals surface area contributed by atoms with Crippen molar-refractivity contribution >= 4 is 49.7 Å². The lowest BCUT2D eigenvalue weighted by molar-refractivity contribution is -0.127. The minimum Gasteiger partial charge on any atom is -0.383 e. The van der Waals surface area contributed by atoms with Gasteiger partial charge in [-0.1, -0.05) is 12.5 Å². The number of amides is 1. The van der Waals surface area contributed by atoms with Crippen LogP contribution in [0.15, 0.2) is 47.3 Å². The highest BCUT2D eigenvalue weighted by Gasteiger charge is 2.28. The molecule has 35 heavy (non-hydrogen) atoms. The maximum absolute atomic E-state index is 12.7. The topological polar surface area (TPSA) is 107 Å². The Morgan fingerprint density at radius 1 is 1.29 bits per heavy atom. The van der Waals surface area contributed by atoms with E-state index in [1.54, 1.807) is 19.5 Å². The van der Waals surface area contributed by atoms with Crippen molar-refractivity contribution in [1.82, 2.24) is 30.0 Å². The van der Waals surface area contributed by atoms with Crippen LogP contribution in [0, 0.1) is 5.92 Å². The largest absolute Gasteiger partial charge is 0.383 e. The molecule has 1 aromatic carbocycles. The van der Waals surface area contributed by atoms with Crippen LogP contribution in [0.25, 0.3) is 27.6 Å². The Hall–Kier alpha value is -3.11. The van der Waals surface area contributed by atoms with Crippen molar-refractivity contribution in [2.24, 2.45) is 5.92 Å². The summed E-state index contributed by atoms with van der Waals surface area (Å²) in [4.78, 5) is 26.4. The van der Waals surface area contributed by atoms with Gasteiger partial charge in [0, 0.05) is 42.9 Å². The van der Waals surface area contributed by atoms with Gasteiger partial charge in [-0.05, 0) is 66.4 Å². The molecule has 4 aromatic rings. The van der Waals surface area contributed by atoms with E-state index in [0.29, 0.717) is 22.8 Å². The number of ether oxygens (including phenoxy) is 1. The van der Waals surface area contributed by atoms with Crippen LogP contribution in [-0.4, -0.2) is 56.4 Å². The van der Waals surface area contributed by atoms with Crippen molar-refractivity contribution in [3.05, 3.63) is 47.3 Å². The van der Waals surface area contributed by atoms with E-state index in [2.05, 4.69) is 41.6 Å². The van der Waals surface area contributed by atoms with Crippen LogP contribution in [0.3, 0.4) is 0 Å². The lowest BCUT2D eigenvalue weighted by atomic mass is 9.85. The molecule has 2 N–H and O–H groups in total. The average Bonchev–Trinajstić information content (AvgIpc) is 3.19. The summed E-state index contributed by atoms with van der Waals surface area (Å²) in [5.74, 6) is 0.591. The third kappa shape index (κ3) is 5.13. The fourth-order valence-electron chi connectivity index (χ4n) is 4.71. The number of hydrogen-bond acceptors (Lipinski definition) is 7. The van der Waals surface area contributed by atoms with E-state index in [-0.39, 0.29) is 23.9 Å². The summed E-state index contributed by atoms with van der Waals surface area (Å²) in [6.07, 6.45) is 7.14. The molecule has 9 nitrogen and oxygen atoms in total. The molecule has 1 aliphatic carbocycles. The number of aromatic nitrogens is 5. The molecule has 1 saturated carbocycles. The molecule has 5 rings (SSSR count). The standard InChI is InChI=1S/C25H28BrN7O2/c1-15(14-35-2)29-24(34)17-5-3-7-18(11-17)30-25-28-13-20-22(26)32-33(23(20)31-25)19-8-9-21-16(12-19)6-4-10-27-21/h4,6,8-10,12-13,15,17-18H,3,5,7,11,14H2,1-2H3,(H,29,34)(H,28,30,31)/t15-,17+,18+/m0/s1. The third-order valence-corrected chi connectivity index (χ3v) is 6.98. The monoisotopic (exact) mass is 537 g/mol. The smallest absolute Gasteiger partial charge is 0.224 e. The number of carbonyl (C=O) groups excluding carboxylic acids is 1. The van der Waals surface area contributed by atoms with Gasteiger partial charge in [0.25, 0.3) is 0 Å². The third-order valence-electron chi connectivity index (χ3n) is 6.39.